The van der Waals surface area contributed by atoms with Crippen LogP contribution in [0, 0.1) is 5.82 Å². The molecule has 148 valence electrons. The largest absolute Gasteiger partial charge is 0.486 e. The summed E-state index contributed by atoms with van der Waals surface area (Å²) in [5.41, 5.74) is 0.991. The molecule has 2 aliphatic rings. The molecule has 1 fully saturated rings. The van der Waals surface area contributed by atoms with Crippen LogP contribution in [0.1, 0.15) is 29.2 Å². The van der Waals surface area contributed by atoms with Crippen molar-refractivity contribution in [3.8, 4) is 22.9 Å². The van der Waals surface area contributed by atoms with Crippen molar-refractivity contribution in [2.75, 3.05) is 19.0 Å². The van der Waals surface area contributed by atoms with Gasteiger partial charge in [-0.2, -0.15) is 0 Å². The van der Waals surface area contributed by atoms with Crippen molar-refractivity contribution < 1.29 is 18.7 Å². The number of halogens is 1. The predicted octanol–water partition coefficient (Wildman–Crippen LogP) is 4.17. The lowest BCUT2D eigenvalue weighted by molar-refractivity contribution is 0.102. The second-order valence-corrected chi connectivity index (χ2v) is 7.90. The maximum absolute atomic E-state index is 14.3. The highest BCUT2D eigenvalue weighted by molar-refractivity contribution is 7.99. The van der Waals surface area contributed by atoms with E-state index in [1.54, 1.807) is 36.4 Å². The summed E-state index contributed by atoms with van der Waals surface area (Å²) in [5, 5.41) is 9.10. The molecule has 0 saturated heterocycles. The summed E-state index contributed by atoms with van der Waals surface area (Å²) >= 11 is 1.32. The molecule has 1 aromatic heterocycles. The van der Waals surface area contributed by atoms with Crippen LogP contribution in [0.2, 0.25) is 0 Å². The topological polar surface area (TPSA) is 66.2 Å². The van der Waals surface area contributed by atoms with Crippen LogP contribution < -0.4 is 9.47 Å². The molecular weight excluding hydrogens is 393 g/mol. The molecule has 0 unspecified atom stereocenters. The average molecular weight is 411 g/mol. The van der Waals surface area contributed by atoms with Crippen LogP contribution in [-0.4, -0.2) is 39.5 Å². The molecule has 0 N–H and O–H groups in total. The Bertz CT molecular complexity index is 1080. The van der Waals surface area contributed by atoms with Gasteiger partial charge in [0.15, 0.2) is 28.3 Å². The zero-order valence-corrected chi connectivity index (χ0v) is 16.3. The highest BCUT2D eigenvalue weighted by Crippen LogP contribution is 2.41. The maximum Gasteiger partial charge on any atom is 0.192 e. The van der Waals surface area contributed by atoms with E-state index in [2.05, 4.69) is 10.2 Å². The molecule has 0 atom stereocenters. The molecule has 0 radical (unpaired) electrons. The standard InChI is InChI=1S/C21H18FN3O3S/c22-16-4-2-1-3-15(16)20-23-24-21(25(20)14-6-7-14)29-12-17(26)13-5-8-18-19(11-13)28-10-9-27-18/h1-5,8,11,14H,6-7,9-10,12H2. The second-order valence-electron chi connectivity index (χ2n) is 6.96. The molecule has 0 bridgehead atoms. The molecule has 2 heterocycles. The van der Waals surface area contributed by atoms with E-state index in [4.69, 9.17) is 9.47 Å². The molecule has 6 nitrogen and oxygen atoms in total. The Morgan fingerprint density at radius 2 is 1.90 bits per heavy atom. The number of Topliss-reactive ketones (excluding diaryl/α,β-unsaturated/α-hetero) is 1. The van der Waals surface area contributed by atoms with Gasteiger partial charge in [-0.05, 0) is 43.2 Å². The first-order valence-electron chi connectivity index (χ1n) is 9.46. The minimum atomic E-state index is -0.328. The van der Waals surface area contributed by atoms with E-state index >= 15 is 0 Å². The van der Waals surface area contributed by atoms with Gasteiger partial charge in [0.2, 0.25) is 0 Å². The minimum Gasteiger partial charge on any atom is -0.486 e. The zero-order chi connectivity index (χ0) is 19.8. The van der Waals surface area contributed by atoms with E-state index in [0.717, 1.165) is 12.8 Å². The van der Waals surface area contributed by atoms with Crippen LogP contribution in [-0.2, 0) is 0 Å². The van der Waals surface area contributed by atoms with Gasteiger partial charge < -0.3 is 9.47 Å². The summed E-state index contributed by atoms with van der Waals surface area (Å²) in [6, 6.07) is 12.0. The Balaban J connectivity index is 1.36. The summed E-state index contributed by atoms with van der Waals surface area (Å²) in [7, 11) is 0. The van der Waals surface area contributed by atoms with Crippen molar-refractivity contribution in [3.63, 3.8) is 0 Å². The number of hydrogen-bond acceptors (Lipinski definition) is 6. The molecule has 1 aliphatic carbocycles. The maximum atomic E-state index is 14.3. The normalized spacial score (nSPS) is 15.3. The quantitative estimate of drug-likeness (QED) is 0.448. The van der Waals surface area contributed by atoms with Crippen LogP contribution in [0.4, 0.5) is 4.39 Å². The third kappa shape index (κ3) is 3.60. The van der Waals surface area contributed by atoms with Crippen molar-refractivity contribution in [2.45, 2.75) is 24.0 Å². The molecular formula is C21H18FN3O3S. The zero-order valence-electron chi connectivity index (χ0n) is 15.5. The predicted molar refractivity (Wildman–Crippen MR) is 106 cm³/mol. The summed E-state index contributed by atoms with van der Waals surface area (Å²) in [4.78, 5) is 12.7. The van der Waals surface area contributed by atoms with Crippen LogP contribution in [0.3, 0.4) is 0 Å². The van der Waals surface area contributed by atoms with Crippen LogP contribution >= 0.6 is 11.8 Å². The highest BCUT2D eigenvalue weighted by atomic mass is 32.2. The van der Waals surface area contributed by atoms with Crippen molar-refractivity contribution >= 4 is 17.5 Å². The first kappa shape index (κ1) is 18.2. The second kappa shape index (κ2) is 7.51. The van der Waals surface area contributed by atoms with Crippen LogP contribution in [0.15, 0.2) is 47.6 Å². The number of aromatic nitrogens is 3. The minimum absolute atomic E-state index is 0.0373. The summed E-state index contributed by atoms with van der Waals surface area (Å²) in [5.74, 6) is 1.61. The molecule has 8 heteroatoms. The van der Waals surface area contributed by atoms with Crippen molar-refractivity contribution in [1.82, 2.24) is 14.8 Å². The first-order valence-corrected chi connectivity index (χ1v) is 10.4. The van der Waals surface area contributed by atoms with Gasteiger partial charge in [-0.3, -0.25) is 9.36 Å². The van der Waals surface area contributed by atoms with Crippen molar-refractivity contribution in [2.24, 2.45) is 0 Å². The lowest BCUT2D eigenvalue weighted by Gasteiger charge is -2.18. The SMILES string of the molecule is O=C(CSc1nnc(-c2ccccc2F)n1C1CC1)c1ccc2c(c1)OCCO2. The van der Waals surface area contributed by atoms with E-state index in [9.17, 15) is 9.18 Å². The van der Waals surface area contributed by atoms with Crippen molar-refractivity contribution in [3.05, 3.63) is 53.8 Å². The van der Waals surface area contributed by atoms with Crippen LogP contribution in [0.5, 0.6) is 11.5 Å². The average Bonchev–Trinajstić information content (AvgIpc) is 3.51. The Hall–Kier alpha value is -2.87. The number of carbonyl (C=O) groups is 1. The monoisotopic (exact) mass is 411 g/mol. The summed E-state index contributed by atoms with van der Waals surface area (Å²) < 4.78 is 27.3. The number of rotatable bonds is 6. The molecule has 1 saturated carbocycles. The Morgan fingerprint density at radius 1 is 1.10 bits per heavy atom. The number of ether oxygens (including phenoxy) is 2. The van der Waals surface area contributed by atoms with Gasteiger partial charge in [-0.25, -0.2) is 4.39 Å². The number of hydrogen-bond donors (Lipinski definition) is 0. The van der Waals surface area contributed by atoms with Gasteiger partial charge >= 0.3 is 0 Å². The van der Waals surface area contributed by atoms with E-state index < -0.39 is 0 Å². The fourth-order valence-electron chi connectivity index (χ4n) is 3.29. The van der Waals surface area contributed by atoms with E-state index in [1.807, 2.05) is 4.57 Å². The lowest BCUT2D eigenvalue weighted by Crippen LogP contribution is -2.16. The summed E-state index contributed by atoms with van der Waals surface area (Å²) in [6.07, 6.45) is 2.01. The molecule has 29 heavy (non-hydrogen) atoms. The van der Waals surface area contributed by atoms with Gasteiger partial charge in [0.1, 0.15) is 19.0 Å². The molecule has 0 spiro atoms. The van der Waals surface area contributed by atoms with E-state index in [-0.39, 0.29) is 23.4 Å². The number of carbonyl (C=O) groups excluding carboxylic acids is 1. The molecule has 1 aliphatic heterocycles. The van der Waals surface area contributed by atoms with Crippen molar-refractivity contribution in [1.29, 1.82) is 0 Å². The number of thioether (sulfide) groups is 1. The van der Waals surface area contributed by atoms with Gasteiger partial charge in [0.25, 0.3) is 0 Å². The molecule has 3 aromatic rings. The lowest BCUT2D eigenvalue weighted by atomic mass is 10.1. The molecule has 5 rings (SSSR count). The number of nitrogens with zero attached hydrogens (tertiary/aromatic N) is 3. The Kier molecular flexibility index (Phi) is 4.71. The van der Waals surface area contributed by atoms with Crippen LogP contribution in [0.25, 0.3) is 11.4 Å². The molecule has 0 amide bonds. The fraction of sp³-hybridized carbons (Fsp3) is 0.286. The van der Waals surface area contributed by atoms with E-state index in [1.165, 1.54) is 17.8 Å². The Labute approximate surface area is 171 Å². The van der Waals surface area contributed by atoms with Gasteiger partial charge in [-0.1, -0.05) is 23.9 Å². The number of fused-ring (bicyclic) bond motifs is 1. The third-order valence-electron chi connectivity index (χ3n) is 4.89. The highest BCUT2D eigenvalue weighted by Gasteiger charge is 2.31. The molecule has 2 aromatic carbocycles. The van der Waals surface area contributed by atoms with Gasteiger partial charge in [0, 0.05) is 11.6 Å². The van der Waals surface area contributed by atoms with E-state index in [0.29, 0.717) is 46.8 Å². The van der Waals surface area contributed by atoms with Gasteiger partial charge in [-0.15, -0.1) is 10.2 Å². The summed E-state index contributed by atoms with van der Waals surface area (Å²) in [6.45, 7) is 0.986. The van der Waals surface area contributed by atoms with Gasteiger partial charge in [0.05, 0.1) is 11.3 Å². The number of benzene rings is 2. The third-order valence-corrected chi connectivity index (χ3v) is 5.83. The first-order chi connectivity index (χ1) is 14.2. The smallest absolute Gasteiger partial charge is 0.192 e. The fourth-order valence-corrected chi connectivity index (χ4v) is 4.19. The number of ketones is 1. The Morgan fingerprint density at radius 3 is 2.69 bits per heavy atom.